The van der Waals surface area contributed by atoms with E-state index in [1.807, 2.05) is 6.92 Å². The van der Waals surface area contributed by atoms with Gasteiger partial charge in [-0.3, -0.25) is 13.9 Å². The van der Waals surface area contributed by atoms with E-state index in [4.69, 9.17) is 27.9 Å². The summed E-state index contributed by atoms with van der Waals surface area (Å²) in [5, 5.41) is 3.73. The van der Waals surface area contributed by atoms with Crippen LogP contribution in [-0.4, -0.2) is 50.9 Å². The lowest BCUT2D eigenvalue weighted by atomic mass is 10.1. The summed E-state index contributed by atoms with van der Waals surface area (Å²) >= 11 is 12.6. The van der Waals surface area contributed by atoms with Gasteiger partial charge in [0.25, 0.3) is 10.0 Å². The van der Waals surface area contributed by atoms with E-state index in [9.17, 15) is 18.0 Å². The summed E-state index contributed by atoms with van der Waals surface area (Å²) in [4.78, 5) is 28.8. The highest BCUT2D eigenvalue weighted by molar-refractivity contribution is 7.92. The van der Waals surface area contributed by atoms with Crippen molar-refractivity contribution in [2.75, 3.05) is 18.0 Å². The Balaban J connectivity index is 1.71. The molecule has 0 spiro atoms. The van der Waals surface area contributed by atoms with Crippen LogP contribution in [0.3, 0.4) is 0 Å². The van der Waals surface area contributed by atoms with Crippen molar-refractivity contribution in [1.82, 2.24) is 10.2 Å². The molecule has 3 aromatic carbocycles. The van der Waals surface area contributed by atoms with Crippen molar-refractivity contribution in [2.24, 2.45) is 0 Å². The third-order valence-corrected chi connectivity index (χ3v) is 9.74. The minimum atomic E-state index is -4.22. The standard InChI is InChI=1S/C31H35Cl2N3O5S/c1-21-11-14-27(15-12-21)42(39,40)36(26-13-16-29(41-3)28(33)18-26)20-30(37)35(19-23-7-6-8-24(32)17-23)22(2)31(38)34-25-9-4-5-10-25/h6-8,11-18,22,25H,4-5,9-10,19-20H2,1-3H3,(H,34,38). The van der Waals surface area contributed by atoms with Crippen LogP contribution in [0.5, 0.6) is 5.75 Å². The Morgan fingerprint density at radius 2 is 1.71 bits per heavy atom. The molecule has 1 unspecified atom stereocenters. The second-order valence-electron chi connectivity index (χ2n) is 10.5. The van der Waals surface area contributed by atoms with Crippen molar-refractivity contribution in [1.29, 1.82) is 0 Å². The van der Waals surface area contributed by atoms with E-state index in [-0.39, 0.29) is 34.1 Å². The van der Waals surface area contributed by atoms with Gasteiger partial charge in [0, 0.05) is 17.6 Å². The summed E-state index contributed by atoms with van der Waals surface area (Å²) in [6, 6.07) is 17.1. The number of aryl methyl sites for hydroxylation is 1. The summed E-state index contributed by atoms with van der Waals surface area (Å²) in [6.07, 6.45) is 3.87. The number of carbonyl (C=O) groups excluding carboxylic acids is 2. The van der Waals surface area contributed by atoms with Gasteiger partial charge in [-0.1, -0.05) is 65.9 Å². The van der Waals surface area contributed by atoms with Gasteiger partial charge < -0.3 is 15.0 Å². The van der Waals surface area contributed by atoms with Crippen LogP contribution in [0, 0.1) is 6.92 Å². The molecule has 1 saturated carbocycles. The van der Waals surface area contributed by atoms with E-state index in [0.29, 0.717) is 16.3 Å². The molecule has 0 aromatic heterocycles. The van der Waals surface area contributed by atoms with E-state index < -0.39 is 28.5 Å². The average Bonchev–Trinajstić information content (AvgIpc) is 3.47. The first-order chi connectivity index (χ1) is 20.0. The fraction of sp³-hybridized carbons (Fsp3) is 0.355. The average molecular weight is 633 g/mol. The molecule has 1 N–H and O–H groups in total. The number of hydrogen-bond donors (Lipinski definition) is 1. The zero-order valence-electron chi connectivity index (χ0n) is 23.8. The van der Waals surface area contributed by atoms with Crippen LogP contribution >= 0.6 is 23.2 Å². The number of sulfonamides is 1. The number of benzene rings is 3. The highest BCUT2D eigenvalue weighted by Crippen LogP contribution is 2.32. The Bertz CT molecular complexity index is 1530. The molecule has 8 nitrogen and oxygen atoms in total. The minimum Gasteiger partial charge on any atom is -0.495 e. The van der Waals surface area contributed by atoms with Gasteiger partial charge in [-0.05, 0) is 74.7 Å². The Kier molecular flexibility index (Phi) is 10.4. The van der Waals surface area contributed by atoms with Crippen LogP contribution in [-0.2, 0) is 26.2 Å². The molecule has 0 aliphatic heterocycles. The molecule has 0 heterocycles. The number of nitrogens with zero attached hydrogens (tertiary/aromatic N) is 2. The third-order valence-electron chi connectivity index (χ3n) is 7.42. The zero-order valence-corrected chi connectivity index (χ0v) is 26.2. The predicted molar refractivity (Wildman–Crippen MR) is 166 cm³/mol. The number of anilines is 1. The summed E-state index contributed by atoms with van der Waals surface area (Å²) in [6.45, 7) is 2.99. The first-order valence-electron chi connectivity index (χ1n) is 13.8. The number of nitrogens with one attached hydrogen (secondary N) is 1. The fourth-order valence-corrected chi connectivity index (χ4v) is 6.85. The minimum absolute atomic E-state index is 0.0151. The maximum Gasteiger partial charge on any atom is 0.264 e. The van der Waals surface area contributed by atoms with E-state index >= 15 is 0 Å². The van der Waals surface area contributed by atoms with Crippen molar-refractivity contribution in [2.45, 2.75) is 63.1 Å². The molecule has 3 aromatic rings. The highest BCUT2D eigenvalue weighted by Gasteiger charge is 2.33. The number of rotatable bonds is 11. The fourth-order valence-electron chi connectivity index (χ4n) is 4.98. The van der Waals surface area contributed by atoms with Crippen LogP contribution in [0.2, 0.25) is 10.0 Å². The second kappa shape index (κ2) is 13.8. The Morgan fingerprint density at radius 1 is 1.02 bits per heavy atom. The lowest BCUT2D eigenvalue weighted by Gasteiger charge is -2.32. The maximum atomic E-state index is 14.1. The number of hydrogen-bond acceptors (Lipinski definition) is 5. The number of carbonyl (C=O) groups is 2. The zero-order chi connectivity index (χ0) is 30.4. The molecule has 224 valence electrons. The first-order valence-corrected chi connectivity index (χ1v) is 16.0. The largest absolute Gasteiger partial charge is 0.495 e. The van der Waals surface area contributed by atoms with Gasteiger partial charge in [0.05, 0.1) is 22.7 Å². The van der Waals surface area contributed by atoms with Gasteiger partial charge in [-0.25, -0.2) is 8.42 Å². The molecule has 42 heavy (non-hydrogen) atoms. The van der Waals surface area contributed by atoms with Gasteiger partial charge in [0.2, 0.25) is 11.8 Å². The molecule has 1 aliphatic carbocycles. The van der Waals surface area contributed by atoms with Gasteiger partial charge in [-0.15, -0.1) is 0 Å². The van der Waals surface area contributed by atoms with Gasteiger partial charge >= 0.3 is 0 Å². The predicted octanol–water partition coefficient (Wildman–Crippen LogP) is 5.98. The molecule has 1 aliphatic rings. The van der Waals surface area contributed by atoms with Crippen molar-refractivity contribution in [3.05, 3.63) is 87.9 Å². The quantitative estimate of drug-likeness (QED) is 0.281. The lowest BCUT2D eigenvalue weighted by molar-refractivity contribution is -0.139. The highest BCUT2D eigenvalue weighted by atomic mass is 35.5. The monoisotopic (exact) mass is 631 g/mol. The smallest absolute Gasteiger partial charge is 0.264 e. The first kappa shape index (κ1) is 31.7. The molecule has 0 bridgehead atoms. The van der Waals surface area contributed by atoms with Crippen molar-refractivity contribution >= 4 is 50.7 Å². The van der Waals surface area contributed by atoms with Crippen LogP contribution < -0.4 is 14.4 Å². The van der Waals surface area contributed by atoms with E-state index in [0.717, 1.165) is 35.6 Å². The number of halogens is 2. The Labute approximate surface area is 257 Å². The van der Waals surface area contributed by atoms with Crippen molar-refractivity contribution < 1.29 is 22.7 Å². The molecule has 4 rings (SSSR count). The van der Waals surface area contributed by atoms with Gasteiger partial charge in [-0.2, -0.15) is 0 Å². The molecule has 0 radical (unpaired) electrons. The summed E-state index contributed by atoms with van der Waals surface area (Å²) in [5.74, 6) is -0.497. The molecule has 2 amide bonds. The Morgan fingerprint density at radius 3 is 2.33 bits per heavy atom. The van der Waals surface area contributed by atoms with Crippen molar-refractivity contribution in [3.8, 4) is 5.75 Å². The maximum absolute atomic E-state index is 14.1. The number of ether oxygens (including phenoxy) is 1. The van der Waals surface area contributed by atoms with Gasteiger partial charge in [0.1, 0.15) is 18.3 Å². The number of methoxy groups -OCH3 is 1. The summed E-state index contributed by atoms with van der Waals surface area (Å²) in [7, 11) is -2.76. The summed E-state index contributed by atoms with van der Waals surface area (Å²) in [5.41, 5.74) is 1.77. The van der Waals surface area contributed by atoms with E-state index in [1.165, 1.54) is 36.3 Å². The molecule has 0 saturated heterocycles. The van der Waals surface area contributed by atoms with E-state index in [2.05, 4.69) is 5.32 Å². The van der Waals surface area contributed by atoms with Crippen LogP contribution in [0.15, 0.2) is 71.6 Å². The molecular weight excluding hydrogens is 597 g/mol. The summed E-state index contributed by atoms with van der Waals surface area (Å²) < 4.78 is 34.2. The van der Waals surface area contributed by atoms with Crippen molar-refractivity contribution in [3.63, 3.8) is 0 Å². The van der Waals surface area contributed by atoms with Crippen LogP contribution in [0.25, 0.3) is 0 Å². The second-order valence-corrected chi connectivity index (χ2v) is 13.2. The van der Waals surface area contributed by atoms with Crippen LogP contribution in [0.4, 0.5) is 5.69 Å². The molecule has 1 atom stereocenters. The lowest BCUT2D eigenvalue weighted by Crippen LogP contribution is -2.52. The SMILES string of the molecule is COc1ccc(N(CC(=O)N(Cc2cccc(Cl)c2)C(C)C(=O)NC2CCCC2)S(=O)(=O)c2ccc(C)cc2)cc1Cl. The molecule has 11 heteroatoms. The molecular formula is C31H35Cl2N3O5S. The normalized spacial score (nSPS) is 14.3. The van der Waals surface area contributed by atoms with Gasteiger partial charge in [0.15, 0.2) is 0 Å². The molecule has 1 fully saturated rings. The third kappa shape index (κ3) is 7.56. The van der Waals surface area contributed by atoms with Crippen LogP contribution in [0.1, 0.15) is 43.7 Å². The van der Waals surface area contributed by atoms with E-state index in [1.54, 1.807) is 49.4 Å². The number of amides is 2. The topological polar surface area (TPSA) is 96.0 Å². The Hall–Kier alpha value is -3.27.